The summed E-state index contributed by atoms with van der Waals surface area (Å²) in [6.07, 6.45) is 2.79. The average molecular weight is 317 g/mol. The van der Waals surface area contributed by atoms with Gasteiger partial charge in [0.15, 0.2) is 0 Å². The summed E-state index contributed by atoms with van der Waals surface area (Å²) in [7, 11) is 0. The number of carboxylic acid groups (broad SMARTS) is 1. The lowest BCUT2D eigenvalue weighted by molar-refractivity contribution is -0.141. The first-order valence-electron chi connectivity index (χ1n) is 8.48. The highest BCUT2D eigenvalue weighted by molar-refractivity contribution is 5.81. The fourth-order valence-electron chi connectivity index (χ4n) is 3.27. The Labute approximate surface area is 138 Å². The maximum absolute atomic E-state index is 12.3. The van der Waals surface area contributed by atoms with E-state index < -0.39 is 5.97 Å². The van der Waals surface area contributed by atoms with Gasteiger partial charge in [0.1, 0.15) is 0 Å². The second-order valence-electron chi connectivity index (χ2n) is 7.11. The van der Waals surface area contributed by atoms with Gasteiger partial charge in [-0.25, -0.2) is 0 Å². The van der Waals surface area contributed by atoms with Gasteiger partial charge in [0.05, 0.1) is 12.0 Å². The lowest BCUT2D eigenvalue weighted by Crippen LogP contribution is -2.32. The lowest BCUT2D eigenvalue weighted by atomic mass is 9.99. The van der Waals surface area contributed by atoms with Gasteiger partial charge >= 0.3 is 5.97 Å². The molecule has 2 N–H and O–H groups in total. The van der Waals surface area contributed by atoms with Gasteiger partial charge in [-0.1, -0.05) is 38.1 Å². The molecule has 1 aromatic rings. The molecule has 1 saturated carbocycles. The molecule has 0 heterocycles. The predicted molar refractivity (Wildman–Crippen MR) is 90.0 cm³/mol. The van der Waals surface area contributed by atoms with Crippen LogP contribution in [0.15, 0.2) is 24.3 Å². The molecule has 0 bridgehead atoms. The molecule has 1 aliphatic carbocycles. The highest BCUT2D eigenvalue weighted by Crippen LogP contribution is 2.31. The van der Waals surface area contributed by atoms with Crippen LogP contribution in [0.3, 0.4) is 0 Å². The first-order valence-corrected chi connectivity index (χ1v) is 8.48. The topological polar surface area (TPSA) is 66.4 Å². The van der Waals surface area contributed by atoms with Crippen molar-refractivity contribution >= 4 is 11.9 Å². The number of aliphatic carboxylic acids is 1. The number of nitrogens with one attached hydrogen (secondary N) is 1. The number of carbonyl (C=O) groups excluding carboxylic acids is 1. The van der Waals surface area contributed by atoms with Crippen molar-refractivity contribution in [3.63, 3.8) is 0 Å². The van der Waals surface area contributed by atoms with E-state index in [1.54, 1.807) is 0 Å². The molecule has 0 spiro atoms. The summed E-state index contributed by atoms with van der Waals surface area (Å²) >= 11 is 0. The number of carbonyl (C=O) groups is 2. The molecule has 4 nitrogen and oxygen atoms in total. The van der Waals surface area contributed by atoms with Crippen molar-refractivity contribution in [3.05, 3.63) is 35.4 Å². The van der Waals surface area contributed by atoms with Crippen LogP contribution in [0.1, 0.15) is 57.2 Å². The minimum absolute atomic E-state index is 0.0208. The lowest BCUT2D eigenvalue weighted by Gasteiger charge is -2.18. The monoisotopic (exact) mass is 317 g/mol. The fraction of sp³-hybridized carbons (Fsp3) is 0.579. The minimum Gasteiger partial charge on any atom is -0.481 e. The highest BCUT2D eigenvalue weighted by Gasteiger charge is 2.34. The normalized spacial score (nSPS) is 22.1. The smallest absolute Gasteiger partial charge is 0.306 e. The molecule has 1 unspecified atom stereocenters. The molecular weight excluding hydrogens is 290 g/mol. The van der Waals surface area contributed by atoms with Crippen LogP contribution in [0, 0.1) is 17.8 Å². The van der Waals surface area contributed by atoms with Gasteiger partial charge in [-0.05, 0) is 49.7 Å². The maximum Gasteiger partial charge on any atom is 0.306 e. The Morgan fingerprint density at radius 2 is 1.74 bits per heavy atom. The Balaban J connectivity index is 1.90. The third-order valence-corrected chi connectivity index (χ3v) is 4.64. The summed E-state index contributed by atoms with van der Waals surface area (Å²) in [6, 6.07) is 8.32. The largest absolute Gasteiger partial charge is 0.481 e. The van der Waals surface area contributed by atoms with E-state index in [1.165, 1.54) is 5.56 Å². The Hall–Kier alpha value is -1.84. The molecule has 1 amide bonds. The van der Waals surface area contributed by atoms with Gasteiger partial charge in [0, 0.05) is 5.92 Å². The molecule has 23 heavy (non-hydrogen) atoms. The van der Waals surface area contributed by atoms with Crippen LogP contribution in [0.25, 0.3) is 0 Å². The SMILES string of the molecule is CC(C)Cc1ccc(C(C)NC(=O)[C@@H]2CC[C@H](C(=O)O)C2)cc1. The first kappa shape index (κ1) is 17.5. The Morgan fingerprint density at radius 3 is 2.26 bits per heavy atom. The van der Waals surface area contributed by atoms with Crippen molar-refractivity contribution in [3.8, 4) is 0 Å². The van der Waals surface area contributed by atoms with Crippen molar-refractivity contribution in [2.45, 2.75) is 52.5 Å². The van der Waals surface area contributed by atoms with Crippen molar-refractivity contribution in [1.29, 1.82) is 0 Å². The van der Waals surface area contributed by atoms with E-state index in [0.717, 1.165) is 12.0 Å². The predicted octanol–water partition coefficient (Wildman–Crippen LogP) is 3.56. The van der Waals surface area contributed by atoms with Crippen LogP contribution in [-0.2, 0) is 16.0 Å². The van der Waals surface area contributed by atoms with Crippen molar-refractivity contribution < 1.29 is 14.7 Å². The number of hydrogen-bond acceptors (Lipinski definition) is 2. The van der Waals surface area contributed by atoms with Gasteiger partial charge in [0.25, 0.3) is 0 Å². The van der Waals surface area contributed by atoms with Crippen LogP contribution in [0.2, 0.25) is 0 Å². The first-order chi connectivity index (χ1) is 10.9. The van der Waals surface area contributed by atoms with E-state index in [2.05, 4.69) is 43.4 Å². The summed E-state index contributed by atoms with van der Waals surface area (Å²) in [5, 5.41) is 12.1. The molecule has 0 radical (unpaired) electrons. The molecule has 1 aromatic carbocycles. The van der Waals surface area contributed by atoms with Crippen molar-refractivity contribution in [2.24, 2.45) is 17.8 Å². The van der Waals surface area contributed by atoms with Gasteiger partial charge in [-0.3, -0.25) is 9.59 Å². The standard InChI is InChI=1S/C19H27NO3/c1-12(2)10-14-4-6-15(7-5-14)13(3)20-18(21)16-8-9-17(11-16)19(22)23/h4-7,12-13,16-17H,8-11H2,1-3H3,(H,20,21)(H,22,23)/t13?,16-,17+/m1/s1. The Kier molecular flexibility index (Phi) is 5.80. The summed E-state index contributed by atoms with van der Waals surface area (Å²) < 4.78 is 0. The van der Waals surface area contributed by atoms with Crippen LogP contribution < -0.4 is 5.32 Å². The molecule has 3 atom stereocenters. The summed E-state index contributed by atoms with van der Waals surface area (Å²) in [5.74, 6) is -0.709. The molecule has 126 valence electrons. The van der Waals surface area contributed by atoms with Crippen LogP contribution in [0.4, 0.5) is 0 Å². The number of rotatable bonds is 6. The van der Waals surface area contributed by atoms with Gasteiger partial charge in [-0.2, -0.15) is 0 Å². The quantitative estimate of drug-likeness (QED) is 0.843. The second kappa shape index (κ2) is 7.62. The molecule has 4 heteroatoms. The third-order valence-electron chi connectivity index (χ3n) is 4.64. The molecule has 1 fully saturated rings. The molecular formula is C19H27NO3. The van der Waals surface area contributed by atoms with Crippen molar-refractivity contribution in [2.75, 3.05) is 0 Å². The van der Waals surface area contributed by atoms with Gasteiger partial charge < -0.3 is 10.4 Å². The zero-order chi connectivity index (χ0) is 17.0. The van der Waals surface area contributed by atoms with Crippen LogP contribution >= 0.6 is 0 Å². The Morgan fingerprint density at radius 1 is 1.13 bits per heavy atom. The average Bonchev–Trinajstić information content (AvgIpc) is 2.97. The van der Waals surface area contributed by atoms with E-state index in [0.29, 0.717) is 25.2 Å². The number of amides is 1. The van der Waals surface area contributed by atoms with Gasteiger partial charge in [0.2, 0.25) is 5.91 Å². The minimum atomic E-state index is -0.783. The van der Waals surface area contributed by atoms with Crippen LogP contribution in [0.5, 0.6) is 0 Å². The van der Waals surface area contributed by atoms with E-state index in [-0.39, 0.29) is 23.8 Å². The van der Waals surface area contributed by atoms with Crippen LogP contribution in [-0.4, -0.2) is 17.0 Å². The van der Waals surface area contributed by atoms with E-state index in [9.17, 15) is 9.59 Å². The zero-order valence-corrected chi connectivity index (χ0v) is 14.2. The van der Waals surface area contributed by atoms with Crippen molar-refractivity contribution in [1.82, 2.24) is 5.32 Å². The molecule has 2 rings (SSSR count). The third kappa shape index (κ3) is 4.81. The molecule has 0 aliphatic heterocycles. The molecule has 0 saturated heterocycles. The van der Waals surface area contributed by atoms with E-state index in [4.69, 9.17) is 5.11 Å². The molecule has 1 aliphatic rings. The maximum atomic E-state index is 12.3. The Bertz CT molecular complexity index is 550. The number of carboxylic acids is 1. The van der Waals surface area contributed by atoms with E-state index in [1.807, 2.05) is 6.92 Å². The highest BCUT2D eigenvalue weighted by atomic mass is 16.4. The van der Waals surface area contributed by atoms with Gasteiger partial charge in [-0.15, -0.1) is 0 Å². The van der Waals surface area contributed by atoms with E-state index >= 15 is 0 Å². The zero-order valence-electron chi connectivity index (χ0n) is 14.2. The summed E-state index contributed by atoms with van der Waals surface area (Å²) in [5.41, 5.74) is 2.39. The molecule has 0 aromatic heterocycles. The summed E-state index contributed by atoms with van der Waals surface area (Å²) in [4.78, 5) is 23.3. The number of benzene rings is 1. The summed E-state index contributed by atoms with van der Waals surface area (Å²) in [6.45, 7) is 6.37. The second-order valence-corrected chi connectivity index (χ2v) is 7.11. The fourth-order valence-corrected chi connectivity index (χ4v) is 3.27. The number of hydrogen-bond donors (Lipinski definition) is 2.